The second-order valence-corrected chi connectivity index (χ2v) is 9.75. The van der Waals surface area contributed by atoms with Gasteiger partial charge in [0.25, 0.3) is 6.47 Å². The molecule has 0 amide bonds. The lowest BCUT2D eigenvalue weighted by Gasteiger charge is -2.57. The minimum Gasteiger partial charge on any atom is -0.471 e. The number of carbonyl (C=O) groups excluding carboxylic acids is 3. The summed E-state index contributed by atoms with van der Waals surface area (Å²) < 4.78 is 9.72. The van der Waals surface area contributed by atoms with Crippen molar-refractivity contribution in [2.75, 3.05) is 7.11 Å². The van der Waals surface area contributed by atoms with E-state index in [-0.39, 0.29) is 22.9 Å². The smallest absolute Gasteiger partial charge is 0.305 e. The van der Waals surface area contributed by atoms with Crippen LogP contribution in [0.4, 0.5) is 0 Å². The van der Waals surface area contributed by atoms with Crippen molar-refractivity contribution in [3.05, 3.63) is 11.6 Å². The lowest BCUT2D eigenvalue weighted by atomic mass is 9.47. The van der Waals surface area contributed by atoms with Gasteiger partial charge in [0.2, 0.25) is 0 Å². The van der Waals surface area contributed by atoms with Crippen molar-refractivity contribution in [3.8, 4) is 0 Å². The molecule has 0 radical (unpaired) electrons. The Morgan fingerprint density at radius 3 is 2.52 bits per heavy atom. The van der Waals surface area contributed by atoms with Crippen molar-refractivity contribution in [2.24, 2.45) is 28.6 Å². The number of esters is 1. The zero-order chi connectivity index (χ0) is 21.2. The van der Waals surface area contributed by atoms with Crippen LogP contribution in [0.1, 0.15) is 78.6 Å². The number of methoxy groups -OCH3 is 1. The predicted octanol–water partition coefficient (Wildman–Crippen LogP) is 4.63. The molecule has 0 bridgehead atoms. The van der Waals surface area contributed by atoms with Crippen molar-refractivity contribution < 1.29 is 23.9 Å². The molecule has 4 aliphatic rings. The summed E-state index contributed by atoms with van der Waals surface area (Å²) in [7, 11) is 1.31. The second kappa shape index (κ2) is 8.61. The number of hydrogen-bond acceptors (Lipinski definition) is 5. The molecule has 0 spiro atoms. The first-order valence-corrected chi connectivity index (χ1v) is 11.2. The van der Waals surface area contributed by atoms with Crippen LogP contribution in [0.25, 0.3) is 0 Å². The third-order valence-electron chi connectivity index (χ3n) is 8.53. The van der Waals surface area contributed by atoms with E-state index in [2.05, 4.69) is 18.6 Å². The molecule has 0 aromatic heterocycles. The van der Waals surface area contributed by atoms with Gasteiger partial charge in [-0.15, -0.1) is 0 Å². The summed E-state index contributed by atoms with van der Waals surface area (Å²) >= 11 is 0. The Bertz CT molecular complexity index is 683. The van der Waals surface area contributed by atoms with Crippen LogP contribution >= 0.6 is 0 Å². The van der Waals surface area contributed by atoms with Crippen molar-refractivity contribution in [3.63, 3.8) is 0 Å². The normalized spacial score (nSPS) is 40.3. The summed E-state index contributed by atoms with van der Waals surface area (Å²) in [4.78, 5) is 32.7. The first-order valence-electron chi connectivity index (χ1n) is 11.2. The van der Waals surface area contributed by atoms with Gasteiger partial charge in [0.1, 0.15) is 6.10 Å². The molecule has 3 saturated carbocycles. The Balaban J connectivity index is 0.000000552. The average molecular weight is 405 g/mol. The Kier molecular flexibility index (Phi) is 6.54. The minimum absolute atomic E-state index is 0.0411. The molecule has 162 valence electrons. The molecule has 29 heavy (non-hydrogen) atoms. The maximum absolute atomic E-state index is 11.9. The standard InChI is InChI=1S/C22H32O3.C2H4O2/c1-4-20(24)25-19-8-7-17-16-6-5-14-13-15(23)9-11-21(14,2)18(16)10-12-22(17,19)3;1-4-2-3/h13,16-19H,4-12H2,1-3H3;2H,1H3/t16-,17-,18?,19?,21-,22?;/m0./s1. The molecule has 6 atom stereocenters. The van der Waals surface area contributed by atoms with Gasteiger partial charge >= 0.3 is 5.97 Å². The number of ether oxygens (including phenoxy) is 2. The van der Waals surface area contributed by atoms with Gasteiger partial charge < -0.3 is 9.47 Å². The second-order valence-electron chi connectivity index (χ2n) is 9.75. The molecule has 3 unspecified atom stereocenters. The fraction of sp³-hybridized carbons (Fsp3) is 0.792. The van der Waals surface area contributed by atoms with Crippen molar-refractivity contribution >= 4 is 18.2 Å². The molecule has 4 aliphatic carbocycles. The van der Waals surface area contributed by atoms with Crippen molar-refractivity contribution in [1.82, 2.24) is 0 Å². The lowest BCUT2D eigenvalue weighted by molar-refractivity contribution is -0.159. The van der Waals surface area contributed by atoms with Gasteiger partial charge in [-0.2, -0.15) is 0 Å². The predicted molar refractivity (Wildman–Crippen MR) is 110 cm³/mol. The van der Waals surface area contributed by atoms with E-state index in [1.165, 1.54) is 31.9 Å². The number of allylic oxidation sites excluding steroid dienone is 1. The summed E-state index contributed by atoms with van der Waals surface area (Å²) in [5.41, 5.74) is 1.82. The highest BCUT2D eigenvalue weighted by molar-refractivity contribution is 5.91. The number of rotatable bonds is 3. The fourth-order valence-corrected chi connectivity index (χ4v) is 6.95. The average Bonchev–Trinajstić information content (AvgIpc) is 3.05. The Morgan fingerprint density at radius 1 is 1.14 bits per heavy atom. The number of ketones is 1. The molecule has 0 heterocycles. The van der Waals surface area contributed by atoms with E-state index in [0.717, 1.165) is 38.0 Å². The highest BCUT2D eigenvalue weighted by atomic mass is 16.5. The fourth-order valence-electron chi connectivity index (χ4n) is 6.95. The van der Waals surface area contributed by atoms with Gasteiger partial charge in [-0.1, -0.05) is 26.3 Å². The summed E-state index contributed by atoms with van der Waals surface area (Å²) in [6.07, 6.45) is 11.3. The zero-order valence-corrected chi connectivity index (χ0v) is 18.4. The summed E-state index contributed by atoms with van der Waals surface area (Å²) in [6, 6.07) is 0. The maximum Gasteiger partial charge on any atom is 0.305 e. The van der Waals surface area contributed by atoms with Gasteiger partial charge in [-0.25, -0.2) is 0 Å². The first kappa shape index (κ1) is 22.0. The highest BCUT2D eigenvalue weighted by Crippen LogP contribution is 2.65. The van der Waals surface area contributed by atoms with E-state index in [1.54, 1.807) is 0 Å². The largest absolute Gasteiger partial charge is 0.471 e. The molecule has 3 fully saturated rings. The van der Waals surface area contributed by atoms with Crippen LogP contribution in [0.5, 0.6) is 0 Å². The van der Waals surface area contributed by atoms with Gasteiger partial charge in [-0.3, -0.25) is 14.4 Å². The topological polar surface area (TPSA) is 69.7 Å². The van der Waals surface area contributed by atoms with E-state index in [4.69, 9.17) is 9.53 Å². The first-order chi connectivity index (χ1) is 13.8. The number of fused-ring (bicyclic) bond motifs is 5. The van der Waals surface area contributed by atoms with E-state index in [0.29, 0.717) is 30.5 Å². The summed E-state index contributed by atoms with van der Waals surface area (Å²) in [6.45, 7) is 7.06. The van der Waals surface area contributed by atoms with Crippen LogP contribution in [-0.4, -0.2) is 31.4 Å². The summed E-state index contributed by atoms with van der Waals surface area (Å²) in [5, 5.41) is 0. The van der Waals surface area contributed by atoms with E-state index in [9.17, 15) is 9.59 Å². The number of hydrogen-bond donors (Lipinski definition) is 0. The van der Waals surface area contributed by atoms with Crippen LogP contribution in [0.3, 0.4) is 0 Å². The highest BCUT2D eigenvalue weighted by Gasteiger charge is 2.59. The molecular formula is C24H36O5. The molecule has 0 aromatic rings. The third kappa shape index (κ3) is 3.89. The third-order valence-corrected chi connectivity index (χ3v) is 8.53. The van der Waals surface area contributed by atoms with Crippen LogP contribution in [0, 0.1) is 28.6 Å². The van der Waals surface area contributed by atoms with Gasteiger partial charge in [-0.05, 0) is 74.2 Å². The molecule has 4 rings (SSSR count). The minimum atomic E-state index is -0.0411. The van der Waals surface area contributed by atoms with E-state index in [1.807, 2.05) is 13.0 Å². The molecule has 0 aromatic carbocycles. The van der Waals surface area contributed by atoms with E-state index >= 15 is 0 Å². The molecule has 0 aliphatic heterocycles. The van der Waals surface area contributed by atoms with Crippen molar-refractivity contribution in [1.29, 1.82) is 0 Å². The van der Waals surface area contributed by atoms with Gasteiger partial charge in [0.15, 0.2) is 5.78 Å². The van der Waals surface area contributed by atoms with Crippen LogP contribution in [0.2, 0.25) is 0 Å². The van der Waals surface area contributed by atoms with Crippen LogP contribution < -0.4 is 0 Å². The Hall–Kier alpha value is -1.65. The van der Waals surface area contributed by atoms with Crippen LogP contribution in [0.15, 0.2) is 11.6 Å². The quantitative estimate of drug-likeness (QED) is 0.507. The van der Waals surface area contributed by atoms with Crippen LogP contribution in [-0.2, 0) is 23.9 Å². The van der Waals surface area contributed by atoms with E-state index < -0.39 is 0 Å². The molecule has 5 heteroatoms. The molecule has 0 saturated heterocycles. The Labute approximate surface area is 174 Å². The summed E-state index contributed by atoms with van der Waals surface area (Å²) in [5.74, 6) is 2.41. The molecular weight excluding hydrogens is 368 g/mol. The zero-order valence-electron chi connectivity index (χ0n) is 18.4. The lowest BCUT2D eigenvalue weighted by Crippen LogP contribution is -2.51. The van der Waals surface area contributed by atoms with Gasteiger partial charge in [0, 0.05) is 18.3 Å². The monoisotopic (exact) mass is 404 g/mol. The SMILES string of the molecule is CCC(=O)OC1CC[C@H]2[C@@H]3CCC4=CC(=O)CC[C@]4(C)C3CCC12C.COC=O. The molecule has 5 nitrogen and oxygen atoms in total. The maximum atomic E-state index is 11.9. The van der Waals surface area contributed by atoms with Crippen molar-refractivity contribution in [2.45, 2.75) is 84.7 Å². The number of carbonyl (C=O) groups is 3. The van der Waals surface area contributed by atoms with Gasteiger partial charge in [0.05, 0.1) is 7.11 Å². The molecule has 0 N–H and O–H groups in total. The Morgan fingerprint density at radius 2 is 1.86 bits per heavy atom.